The van der Waals surface area contributed by atoms with Crippen LogP contribution in [0.2, 0.25) is 0 Å². The maximum atomic E-state index is 9.18. The molecule has 0 fully saturated rings. The summed E-state index contributed by atoms with van der Waals surface area (Å²) in [6, 6.07) is 0. The van der Waals surface area contributed by atoms with Crippen LogP contribution in [0, 0.1) is 0 Å². The zero-order valence-electron chi connectivity index (χ0n) is 6.93. The Labute approximate surface area is 78.2 Å². The zero-order valence-corrected chi connectivity index (χ0v) is 6.93. The molecule has 1 rings (SSSR count). The highest BCUT2D eigenvalue weighted by molar-refractivity contribution is 5.77. The molecule has 1 aromatic carbocycles. The molecule has 0 bridgehead atoms. The van der Waals surface area contributed by atoms with E-state index in [1.165, 1.54) is 0 Å². The van der Waals surface area contributed by atoms with Crippen molar-refractivity contribution in [2.45, 2.75) is 0 Å². The van der Waals surface area contributed by atoms with Gasteiger partial charge in [0.25, 0.3) is 0 Å². The molecule has 0 aromatic heterocycles. The Morgan fingerprint density at radius 1 is 0.929 bits per heavy atom. The highest BCUT2D eigenvalue weighted by Gasteiger charge is 2.22. The Morgan fingerprint density at radius 2 is 1.36 bits per heavy atom. The summed E-state index contributed by atoms with van der Waals surface area (Å²) in [5.74, 6) is -4.01. The average Bonchev–Trinajstić information content (AvgIpc) is 2.19. The molecule has 7 N–H and O–H groups in total. The van der Waals surface area contributed by atoms with Gasteiger partial charge in [-0.2, -0.15) is 0 Å². The fraction of sp³-hybridized carbons (Fsp3) is 0.143. The Hall–Kier alpha value is -2.02. The molecule has 0 spiro atoms. The van der Waals surface area contributed by atoms with Crippen molar-refractivity contribution in [2.24, 2.45) is 0 Å². The molecule has 7 heteroatoms. The molecular weight excluding hydrogens is 194 g/mol. The van der Waals surface area contributed by atoms with Gasteiger partial charge in [0.15, 0.2) is 18.3 Å². The van der Waals surface area contributed by atoms with Crippen LogP contribution in [0.15, 0.2) is 0 Å². The molecule has 14 heavy (non-hydrogen) atoms. The van der Waals surface area contributed by atoms with Gasteiger partial charge in [-0.3, -0.25) is 0 Å². The van der Waals surface area contributed by atoms with Crippen LogP contribution in [0.3, 0.4) is 0 Å². The lowest BCUT2D eigenvalue weighted by Crippen LogP contribution is -1.97. The van der Waals surface area contributed by atoms with Crippen molar-refractivity contribution in [3.05, 3.63) is 0 Å². The maximum Gasteiger partial charge on any atom is 0.213 e. The quantitative estimate of drug-likeness (QED) is 0.164. The summed E-state index contributed by atoms with van der Waals surface area (Å²) in [7, 11) is 0. The van der Waals surface area contributed by atoms with Crippen molar-refractivity contribution in [1.82, 2.24) is 0 Å². The second-order valence-electron chi connectivity index (χ2n) is 2.41. The number of ether oxygens (including phenoxy) is 1. The van der Waals surface area contributed by atoms with E-state index in [4.69, 9.17) is 21.1 Å². The zero-order chi connectivity index (χ0) is 10.9. The number of nitrogens with two attached hydrogens (primary N) is 1. The van der Waals surface area contributed by atoms with E-state index in [2.05, 4.69) is 4.74 Å². The van der Waals surface area contributed by atoms with E-state index in [0.717, 1.165) is 0 Å². The van der Waals surface area contributed by atoms with Crippen LogP contribution in [0.1, 0.15) is 0 Å². The van der Waals surface area contributed by atoms with Gasteiger partial charge in [0.05, 0.1) is 0 Å². The number of aromatic hydroxyl groups is 4. The molecule has 78 valence electrons. The van der Waals surface area contributed by atoms with Gasteiger partial charge in [0.1, 0.15) is 5.69 Å². The Morgan fingerprint density at radius 3 is 1.71 bits per heavy atom. The molecule has 0 aliphatic carbocycles. The average molecular weight is 203 g/mol. The van der Waals surface area contributed by atoms with Crippen molar-refractivity contribution in [1.29, 1.82) is 0 Å². The fourth-order valence-corrected chi connectivity index (χ4v) is 0.896. The van der Waals surface area contributed by atoms with E-state index in [-0.39, 0.29) is 0 Å². The van der Waals surface area contributed by atoms with Crippen molar-refractivity contribution >= 4 is 5.69 Å². The van der Waals surface area contributed by atoms with Crippen LogP contribution in [-0.2, 0) is 0 Å². The lowest BCUT2D eigenvalue weighted by Gasteiger charge is -2.12. The Kier molecular flexibility index (Phi) is 2.43. The third-order valence-corrected chi connectivity index (χ3v) is 1.60. The van der Waals surface area contributed by atoms with Crippen LogP contribution >= 0.6 is 0 Å². The number of aliphatic hydroxyl groups excluding tert-OH is 1. The first-order chi connectivity index (χ1) is 6.50. The molecule has 0 aliphatic heterocycles. The monoisotopic (exact) mass is 203 g/mol. The van der Waals surface area contributed by atoms with E-state index in [9.17, 15) is 10.2 Å². The molecular formula is C7H9NO6. The minimum atomic E-state index is -0.855. The number of phenols is 4. The van der Waals surface area contributed by atoms with Crippen molar-refractivity contribution in [3.8, 4) is 28.7 Å². The third-order valence-electron chi connectivity index (χ3n) is 1.60. The number of phenolic OH excluding ortho intramolecular Hbond substituents is 4. The van der Waals surface area contributed by atoms with E-state index < -0.39 is 41.2 Å². The molecule has 0 saturated carbocycles. The summed E-state index contributed by atoms with van der Waals surface area (Å²) in [4.78, 5) is 0. The summed E-state index contributed by atoms with van der Waals surface area (Å²) in [6.07, 6.45) is 0. The second kappa shape index (κ2) is 3.38. The highest BCUT2D eigenvalue weighted by atomic mass is 16.6. The lowest BCUT2D eigenvalue weighted by atomic mass is 10.2. The van der Waals surface area contributed by atoms with Gasteiger partial charge in [-0.15, -0.1) is 0 Å². The van der Waals surface area contributed by atoms with Gasteiger partial charge in [-0.25, -0.2) is 0 Å². The predicted molar refractivity (Wildman–Crippen MR) is 45.2 cm³/mol. The van der Waals surface area contributed by atoms with Gasteiger partial charge in [-0.05, 0) is 0 Å². The maximum absolute atomic E-state index is 9.18. The van der Waals surface area contributed by atoms with E-state index in [1.807, 2.05) is 0 Å². The molecule has 0 heterocycles. The predicted octanol–water partition coefficient (Wildman–Crippen LogP) is -0.580. The fourth-order valence-electron chi connectivity index (χ4n) is 0.896. The van der Waals surface area contributed by atoms with Gasteiger partial charge in [0.2, 0.25) is 17.2 Å². The Balaban J connectivity index is 3.43. The molecule has 7 nitrogen and oxygen atoms in total. The van der Waals surface area contributed by atoms with Gasteiger partial charge in [0, 0.05) is 0 Å². The smallest absolute Gasteiger partial charge is 0.213 e. The molecule has 0 unspecified atom stereocenters. The number of benzene rings is 1. The second-order valence-corrected chi connectivity index (χ2v) is 2.41. The van der Waals surface area contributed by atoms with Crippen molar-refractivity contribution < 1.29 is 30.3 Å². The molecule has 0 radical (unpaired) electrons. The van der Waals surface area contributed by atoms with Crippen LogP contribution in [0.5, 0.6) is 28.7 Å². The molecule has 0 atom stereocenters. The highest BCUT2D eigenvalue weighted by Crippen LogP contribution is 2.52. The first-order valence-corrected chi connectivity index (χ1v) is 3.49. The van der Waals surface area contributed by atoms with Gasteiger partial charge >= 0.3 is 0 Å². The Bertz CT molecular complexity index is 335. The van der Waals surface area contributed by atoms with E-state index in [1.54, 1.807) is 0 Å². The molecule has 1 aromatic rings. The number of hydrogen-bond acceptors (Lipinski definition) is 7. The van der Waals surface area contributed by atoms with E-state index >= 15 is 0 Å². The number of rotatable bonds is 2. The number of aliphatic hydroxyl groups is 1. The molecule has 0 amide bonds. The first kappa shape index (κ1) is 10.1. The summed E-state index contributed by atoms with van der Waals surface area (Å²) in [6.45, 7) is -0.843. The summed E-state index contributed by atoms with van der Waals surface area (Å²) < 4.78 is 4.36. The van der Waals surface area contributed by atoms with E-state index in [0.29, 0.717) is 0 Å². The third kappa shape index (κ3) is 1.29. The first-order valence-electron chi connectivity index (χ1n) is 3.49. The van der Waals surface area contributed by atoms with Crippen LogP contribution < -0.4 is 10.5 Å². The number of hydrogen-bond donors (Lipinski definition) is 6. The topological polar surface area (TPSA) is 136 Å². The van der Waals surface area contributed by atoms with Crippen LogP contribution in [0.4, 0.5) is 5.69 Å². The standard InChI is InChI=1S/C7H9NO6/c8-2-3(10)5(12)7(14-1-9)6(13)4(2)11/h9-13H,1,8H2. The SMILES string of the molecule is Nc1c(O)c(O)c(OCO)c(O)c1O. The minimum absolute atomic E-state index is 0.578. The summed E-state index contributed by atoms with van der Waals surface area (Å²) in [5.41, 5.74) is 4.53. The van der Waals surface area contributed by atoms with Gasteiger partial charge < -0.3 is 36.0 Å². The number of nitrogen functional groups attached to an aromatic ring is 1. The summed E-state index contributed by atoms with van der Waals surface area (Å²) >= 11 is 0. The molecule has 0 aliphatic rings. The lowest BCUT2D eigenvalue weighted by molar-refractivity contribution is 0.0915. The van der Waals surface area contributed by atoms with Crippen LogP contribution in [-0.4, -0.2) is 32.3 Å². The van der Waals surface area contributed by atoms with Crippen molar-refractivity contribution in [2.75, 3.05) is 12.5 Å². The summed E-state index contributed by atoms with van der Waals surface area (Å²) in [5, 5.41) is 45.0. The van der Waals surface area contributed by atoms with Gasteiger partial charge in [-0.1, -0.05) is 0 Å². The minimum Gasteiger partial charge on any atom is -0.503 e. The van der Waals surface area contributed by atoms with Crippen molar-refractivity contribution in [3.63, 3.8) is 0 Å². The normalized spacial score (nSPS) is 10.1. The van der Waals surface area contributed by atoms with Crippen LogP contribution in [0.25, 0.3) is 0 Å². The number of anilines is 1. The molecule has 0 saturated heterocycles. The largest absolute Gasteiger partial charge is 0.503 e.